The highest BCUT2D eigenvalue weighted by molar-refractivity contribution is 7.98. The molecule has 0 aliphatic carbocycles. The molecule has 1 fully saturated rings. The van der Waals surface area contributed by atoms with Gasteiger partial charge in [0.25, 0.3) is 0 Å². The summed E-state index contributed by atoms with van der Waals surface area (Å²) < 4.78 is 4.87. The molecule has 0 saturated carbocycles. The molecule has 1 saturated heterocycles. The number of rotatable bonds is 5. The topological polar surface area (TPSA) is 66.8 Å². The molecular formula is C11H21NO4S. The fourth-order valence-corrected chi connectivity index (χ4v) is 2.05. The van der Waals surface area contributed by atoms with E-state index < -0.39 is 23.8 Å². The molecule has 1 heterocycles. The maximum atomic E-state index is 11.2. The number of hydrogen-bond acceptors (Lipinski definition) is 4. The Bertz CT molecular complexity index is 281. The first-order valence-corrected chi connectivity index (χ1v) is 7.03. The van der Waals surface area contributed by atoms with Crippen molar-refractivity contribution in [3.63, 3.8) is 0 Å². The van der Waals surface area contributed by atoms with E-state index in [0.717, 1.165) is 0 Å². The van der Waals surface area contributed by atoms with Crippen LogP contribution in [0.25, 0.3) is 0 Å². The van der Waals surface area contributed by atoms with Crippen LogP contribution in [-0.2, 0) is 9.53 Å². The average Bonchev–Trinajstić information content (AvgIpc) is 2.25. The molecule has 5 nitrogen and oxygen atoms in total. The van der Waals surface area contributed by atoms with Crippen LogP contribution in [0.5, 0.6) is 0 Å². The largest absolute Gasteiger partial charge is 0.480 e. The molecule has 1 amide bonds. The number of nitrogens with zero attached hydrogens (tertiary/aromatic N) is 1. The van der Waals surface area contributed by atoms with Crippen LogP contribution in [0.2, 0.25) is 0 Å². The predicted molar refractivity (Wildman–Crippen MR) is 68.2 cm³/mol. The number of carbonyl (C=O) groups excluding carboxylic acids is 1. The van der Waals surface area contributed by atoms with E-state index in [-0.39, 0.29) is 0 Å². The number of cyclic esters (lactones) is 1. The third-order valence-corrected chi connectivity index (χ3v) is 2.95. The SMILES string of the molecule is CC.CSCCC(C(=O)O)N1C(=O)OC1(C)C. The van der Waals surface area contributed by atoms with Gasteiger partial charge in [0, 0.05) is 0 Å². The van der Waals surface area contributed by atoms with Crippen LogP contribution in [0.3, 0.4) is 0 Å². The molecule has 1 N–H and O–H groups in total. The molecule has 0 bridgehead atoms. The van der Waals surface area contributed by atoms with Gasteiger partial charge in [-0.25, -0.2) is 9.59 Å². The lowest BCUT2D eigenvalue weighted by atomic mass is 10.1. The lowest BCUT2D eigenvalue weighted by Gasteiger charge is -2.49. The molecular weight excluding hydrogens is 242 g/mol. The first kappa shape index (κ1) is 16.1. The Balaban J connectivity index is 0.00000121. The van der Waals surface area contributed by atoms with E-state index in [4.69, 9.17) is 9.84 Å². The third-order valence-electron chi connectivity index (χ3n) is 2.31. The average molecular weight is 263 g/mol. The van der Waals surface area contributed by atoms with Gasteiger partial charge in [0.2, 0.25) is 0 Å². The van der Waals surface area contributed by atoms with Crippen molar-refractivity contribution >= 4 is 23.8 Å². The van der Waals surface area contributed by atoms with Crippen LogP contribution >= 0.6 is 11.8 Å². The molecule has 1 unspecified atom stereocenters. The number of carbonyl (C=O) groups is 2. The Labute approximate surface area is 107 Å². The summed E-state index contributed by atoms with van der Waals surface area (Å²) in [5, 5.41) is 9.03. The standard InChI is InChI=1S/C9H15NO4S.C2H6/c1-9(2)10(8(13)14-9)6(7(11)12)4-5-15-3;1-2/h6H,4-5H2,1-3H3,(H,11,12);1-2H3. The lowest BCUT2D eigenvalue weighted by Crippen LogP contribution is -2.67. The second-order valence-electron chi connectivity index (χ2n) is 3.82. The van der Waals surface area contributed by atoms with Gasteiger partial charge < -0.3 is 9.84 Å². The smallest absolute Gasteiger partial charge is 0.415 e. The summed E-state index contributed by atoms with van der Waals surface area (Å²) in [5.74, 6) is -0.273. The van der Waals surface area contributed by atoms with Crippen molar-refractivity contribution < 1.29 is 19.4 Å². The van der Waals surface area contributed by atoms with E-state index in [1.54, 1.807) is 25.6 Å². The van der Waals surface area contributed by atoms with Crippen LogP contribution in [0, 0.1) is 0 Å². The third kappa shape index (κ3) is 3.80. The van der Waals surface area contributed by atoms with E-state index in [2.05, 4.69) is 0 Å². The van der Waals surface area contributed by atoms with Crippen LogP contribution in [0.1, 0.15) is 34.1 Å². The molecule has 17 heavy (non-hydrogen) atoms. The maximum Gasteiger partial charge on any atom is 0.415 e. The second kappa shape index (κ2) is 6.74. The van der Waals surface area contributed by atoms with Gasteiger partial charge in [-0.1, -0.05) is 13.8 Å². The number of hydrogen-bond donors (Lipinski definition) is 1. The predicted octanol–water partition coefficient (Wildman–Crippen LogP) is 2.41. The van der Waals surface area contributed by atoms with E-state index in [0.29, 0.717) is 12.2 Å². The monoisotopic (exact) mass is 263 g/mol. The zero-order valence-corrected chi connectivity index (χ0v) is 11.8. The summed E-state index contributed by atoms with van der Waals surface area (Å²) in [5.41, 5.74) is -0.793. The van der Waals surface area contributed by atoms with Crippen LogP contribution in [0.4, 0.5) is 4.79 Å². The zero-order valence-electron chi connectivity index (χ0n) is 11.0. The fourth-order valence-electron chi connectivity index (χ4n) is 1.59. The maximum absolute atomic E-state index is 11.2. The summed E-state index contributed by atoms with van der Waals surface area (Å²) in [7, 11) is 0. The van der Waals surface area contributed by atoms with Gasteiger partial charge in [-0.05, 0) is 32.3 Å². The van der Waals surface area contributed by atoms with Gasteiger partial charge in [0.05, 0.1) is 0 Å². The number of thioether (sulfide) groups is 1. The van der Waals surface area contributed by atoms with Crippen molar-refractivity contribution in [1.82, 2.24) is 4.90 Å². The normalized spacial score (nSPS) is 18.4. The lowest BCUT2D eigenvalue weighted by molar-refractivity contribution is -0.191. The number of carboxylic acids is 1. The highest BCUT2D eigenvalue weighted by Gasteiger charge is 2.51. The minimum absolute atomic E-state index is 0.440. The van der Waals surface area contributed by atoms with Crippen molar-refractivity contribution in [3.8, 4) is 0 Å². The number of aliphatic carboxylic acids is 1. The Morgan fingerprint density at radius 3 is 2.35 bits per heavy atom. The van der Waals surface area contributed by atoms with Crippen LogP contribution in [-0.4, -0.2) is 45.8 Å². The van der Waals surface area contributed by atoms with Gasteiger partial charge in [-0.15, -0.1) is 0 Å². The Morgan fingerprint density at radius 1 is 1.53 bits per heavy atom. The van der Waals surface area contributed by atoms with E-state index in [1.165, 1.54) is 4.90 Å². The molecule has 0 aromatic carbocycles. The highest BCUT2D eigenvalue weighted by atomic mass is 32.2. The highest BCUT2D eigenvalue weighted by Crippen LogP contribution is 2.32. The Kier molecular flexibility index (Phi) is 6.37. The molecule has 0 aromatic heterocycles. The molecule has 1 aliphatic heterocycles. The minimum Gasteiger partial charge on any atom is -0.480 e. The molecule has 6 heteroatoms. The van der Waals surface area contributed by atoms with Gasteiger partial charge in [0.1, 0.15) is 6.04 Å². The van der Waals surface area contributed by atoms with Gasteiger partial charge in [-0.2, -0.15) is 11.8 Å². The summed E-state index contributed by atoms with van der Waals surface area (Å²) in [4.78, 5) is 23.5. The molecule has 0 radical (unpaired) electrons. The second-order valence-corrected chi connectivity index (χ2v) is 4.81. The first-order valence-electron chi connectivity index (χ1n) is 5.64. The Hall–Kier alpha value is -0.910. The van der Waals surface area contributed by atoms with E-state index in [1.807, 2.05) is 20.1 Å². The minimum atomic E-state index is -0.978. The van der Waals surface area contributed by atoms with Gasteiger partial charge in [0.15, 0.2) is 5.72 Å². The van der Waals surface area contributed by atoms with E-state index in [9.17, 15) is 9.59 Å². The van der Waals surface area contributed by atoms with Crippen molar-refractivity contribution in [2.24, 2.45) is 0 Å². The van der Waals surface area contributed by atoms with Crippen molar-refractivity contribution in [2.75, 3.05) is 12.0 Å². The fraction of sp³-hybridized carbons (Fsp3) is 0.818. The Morgan fingerprint density at radius 2 is 2.06 bits per heavy atom. The van der Waals surface area contributed by atoms with Crippen molar-refractivity contribution in [3.05, 3.63) is 0 Å². The molecule has 1 aliphatic rings. The number of carboxylic acid groups (broad SMARTS) is 1. The summed E-state index contributed by atoms with van der Waals surface area (Å²) in [6, 6.07) is -0.784. The van der Waals surface area contributed by atoms with Gasteiger partial charge >= 0.3 is 12.1 Å². The summed E-state index contributed by atoms with van der Waals surface area (Å²) in [6.07, 6.45) is 1.79. The molecule has 100 valence electrons. The number of amides is 1. The molecule has 0 aromatic rings. The van der Waals surface area contributed by atoms with Crippen molar-refractivity contribution in [1.29, 1.82) is 0 Å². The van der Waals surface area contributed by atoms with Crippen LogP contribution in [0.15, 0.2) is 0 Å². The van der Waals surface area contributed by atoms with Crippen molar-refractivity contribution in [2.45, 2.75) is 45.9 Å². The quantitative estimate of drug-likeness (QED) is 0.825. The van der Waals surface area contributed by atoms with Crippen LogP contribution < -0.4 is 0 Å². The molecule has 1 rings (SSSR count). The first-order chi connectivity index (χ1) is 7.90. The zero-order chi connectivity index (χ0) is 13.6. The summed E-state index contributed by atoms with van der Waals surface area (Å²) >= 11 is 1.56. The molecule has 0 spiro atoms. The molecule has 1 atom stereocenters. The van der Waals surface area contributed by atoms with Gasteiger partial charge in [-0.3, -0.25) is 4.90 Å². The summed E-state index contributed by atoms with van der Waals surface area (Å²) in [6.45, 7) is 7.37. The van der Waals surface area contributed by atoms with E-state index >= 15 is 0 Å². The number of ether oxygens (including phenoxy) is 1.